The number of rotatable bonds is 5. The molecule has 1 heterocycles. The molecule has 2 aromatic carbocycles. The maximum absolute atomic E-state index is 13.0. The number of nitriles is 1. The third-order valence-electron chi connectivity index (χ3n) is 4.02. The Balaban J connectivity index is 1.90. The maximum atomic E-state index is 13.0. The van der Waals surface area contributed by atoms with E-state index >= 15 is 0 Å². The molecule has 24 heavy (non-hydrogen) atoms. The lowest BCUT2D eigenvalue weighted by molar-refractivity contribution is 0.0749. The molecular formula is C19H15FN2OS. The van der Waals surface area contributed by atoms with Crippen LogP contribution in [0.3, 0.4) is 0 Å². The van der Waals surface area contributed by atoms with Gasteiger partial charge in [-0.2, -0.15) is 5.26 Å². The minimum atomic E-state index is -1.19. The lowest BCUT2D eigenvalue weighted by Crippen LogP contribution is -2.27. The first-order chi connectivity index (χ1) is 11.6. The largest absolute Gasteiger partial charge is 0.379 e. The van der Waals surface area contributed by atoms with Crippen molar-refractivity contribution in [3.63, 3.8) is 0 Å². The van der Waals surface area contributed by atoms with Crippen LogP contribution in [0.2, 0.25) is 0 Å². The van der Waals surface area contributed by atoms with Crippen molar-refractivity contribution in [3.05, 3.63) is 87.6 Å². The van der Waals surface area contributed by atoms with Crippen molar-refractivity contribution in [1.82, 2.24) is 4.98 Å². The zero-order valence-electron chi connectivity index (χ0n) is 12.8. The SMILES string of the molecule is N#Cc1ccc(C(O)(CCc2ccc(F)cc2)c2cncs2)cc1. The van der Waals surface area contributed by atoms with E-state index in [0.29, 0.717) is 24.0 Å². The van der Waals surface area contributed by atoms with E-state index in [1.807, 2.05) is 0 Å². The van der Waals surface area contributed by atoms with E-state index in [1.54, 1.807) is 48.1 Å². The van der Waals surface area contributed by atoms with Crippen LogP contribution in [-0.4, -0.2) is 10.1 Å². The van der Waals surface area contributed by atoms with Gasteiger partial charge in [0.2, 0.25) is 0 Å². The highest BCUT2D eigenvalue weighted by atomic mass is 32.1. The first-order valence-electron chi connectivity index (χ1n) is 7.48. The summed E-state index contributed by atoms with van der Waals surface area (Å²) in [5.41, 5.74) is 2.70. The van der Waals surface area contributed by atoms with E-state index in [4.69, 9.17) is 5.26 Å². The molecule has 0 saturated heterocycles. The van der Waals surface area contributed by atoms with Crippen LogP contribution in [0.1, 0.15) is 28.0 Å². The summed E-state index contributed by atoms with van der Waals surface area (Å²) in [7, 11) is 0. The van der Waals surface area contributed by atoms with Gasteiger partial charge in [0.1, 0.15) is 11.4 Å². The number of nitrogens with zero attached hydrogens (tertiary/aromatic N) is 2. The Morgan fingerprint density at radius 3 is 2.42 bits per heavy atom. The highest BCUT2D eigenvalue weighted by molar-refractivity contribution is 7.09. The number of halogens is 1. The summed E-state index contributed by atoms with van der Waals surface area (Å²) >= 11 is 1.39. The van der Waals surface area contributed by atoms with Crippen molar-refractivity contribution in [2.24, 2.45) is 0 Å². The lowest BCUT2D eigenvalue weighted by Gasteiger charge is -2.27. The third kappa shape index (κ3) is 3.35. The Bertz CT molecular complexity index is 839. The van der Waals surface area contributed by atoms with Gasteiger partial charge in [-0.25, -0.2) is 4.39 Å². The van der Waals surface area contributed by atoms with Crippen molar-refractivity contribution in [3.8, 4) is 6.07 Å². The lowest BCUT2D eigenvalue weighted by atomic mass is 9.86. The number of aliphatic hydroxyl groups is 1. The zero-order chi connectivity index (χ0) is 17.0. The summed E-state index contributed by atoms with van der Waals surface area (Å²) in [6, 6.07) is 15.3. The molecule has 0 aliphatic rings. The van der Waals surface area contributed by atoms with Gasteiger partial charge in [-0.05, 0) is 48.2 Å². The molecule has 0 aliphatic carbocycles. The normalized spacial score (nSPS) is 13.2. The summed E-state index contributed by atoms with van der Waals surface area (Å²) in [5.74, 6) is -0.274. The number of thiazole rings is 1. The number of aromatic nitrogens is 1. The molecule has 3 rings (SSSR count). The summed E-state index contributed by atoms with van der Waals surface area (Å²) in [5, 5.41) is 20.3. The van der Waals surface area contributed by atoms with Gasteiger partial charge in [0.05, 0.1) is 22.0 Å². The smallest absolute Gasteiger partial charge is 0.126 e. The van der Waals surface area contributed by atoms with E-state index in [9.17, 15) is 9.50 Å². The van der Waals surface area contributed by atoms with Crippen molar-refractivity contribution in [1.29, 1.82) is 5.26 Å². The molecule has 0 amide bonds. The van der Waals surface area contributed by atoms with Crippen LogP contribution < -0.4 is 0 Å². The quantitative estimate of drug-likeness (QED) is 0.764. The molecule has 3 nitrogen and oxygen atoms in total. The molecule has 1 unspecified atom stereocenters. The van der Waals surface area contributed by atoms with E-state index in [-0.39, 0.29) is 5.82 Å². The van der Waals surface area contributed by atoms with Crippen LogP contribution in [0, 0.1) is 17.1 Å². The average molecular weight is 338 g/mol. The van der Waals surface area contributed by atoms with Crippen LogP contribution in [0.25, 0.3) is 0 Å². The molecule has 0 fully saturated rings. The van der Waals surface area contributed by atoms with Crippen molar-refractivity contribution < 1.29 is 9.50 Å². The Hall–Kier alpha value is -2.55. The van der Waals surface area contributed by atoms with Crippen molar-refractivity contribution >= 4 is 11.3 Å². The topological polar surface area (TPSA) is 56.9 Å². The number of aryl methyl sites for hydroxylation is 1. The minimum Gasteiger partial charge on any atom is -0.379 e. The van der Waals surface area contributed by atoms with E-state index in [2.05, 4.69) is 11.1 Å². The summed E-state index contributed by atoms with van der Waals surface area (Å²) in [6.45, 7) is 0. The predicted molar refractivity (Wildman–Crippen MR) is 91.0 cm³/mol. The highest BCUT2D eigenvalue weighted by Crippen LogP contribution is 2.36. The molecule has 0 saturated carbocycles. The Morgan fingerprint density at radius 1 is 1.12 bits per heavy atom. The van der Waals surface area contributed by atoms with Crippen molar-refractivity contribution in [2.45, 2.75) is 18.4 Å². The first kappa shape index (κ1) is 16.3. The van der Waals surface area contributed by atoms with Gasteiger partial charge >= 0.3 is 0 Å². The third-order valence-corrected chi connectivity index (χ3v) is 4.94. The number of hydrogen-bond donors (Lipinski definition) is 1. The van der Waals surface area contributed by atoms with Gasteiger partial charge in [0, 0.05) is 6.20 Å². The molecule has 0 bridgehead atoms. The average Bonchev–Trinajstić information content (AvgIpc) is 3.16. The van der Waals surface area contributed by atoms with Gasteiger partial charge in [-0.3, -0.25) is 4.98 Å². The zero-order valence-corrected chi connectivity index (χ0v) is 13.6. The molecule has 1 atom stereocenters. The molecule has 0 aliphatic heterocycles. The molecule has 1 N–H and O–H groups in total. The van der Waals surface area contributed by atoms with Gasteiger partial charge in [-0.15, -0.1) is 11.3 Å². The highest BCUT2D eigenvalue weighted by Gasteiger charge is 2.32. The number of hydrogen-bond acceptors (Lipinski definition) is 4. The summed E-state index contributed by atoms with van der Waals surface area (Å²) in [4.78, 5) is 4.82. The van der Waals surface area contributed by atoms with E-state index < -0.39 is 5.60 Å². The second-order valence-corrected chi connectivity index (χ2v) is 6.43. The summed E-state index contributed by atoms with van der Waals surface area (Å²) < 4.78 is 13.0. The fourth-order valence-electron chi connectivity index (χ4n) is 2.63. The second kappa shape index (κ2) is 6.91. The van der Waals surface area contributed by atoms with Crippen LogP contribution in [0.5, 0.6) is 0 Å². The molecular weight excluding hydrogens is 323 g/mol. The maximum Gasteiger partial charge on any atom is 0.126 e. The molecule has 0 radical (unpaired) electrons. The predicted octanol–water partition coefficient (Wildman–Crippen LogP) is 4.02. The van der Waals surface area contributed by atoms with E-state index in [1.165, 1.54) is 23.5 Å². The fraction of sp³-hybridized carbons (Fsp3) is 0.158. The van der Waals surface area contributed by atoms with Gasteiger partial charge in [0.15, 0.2) is 0 Å². The molecule has 0 spiro atoms. The van der Waals surface area contributed by atoms with Crippen LogP contribution in [0.15, 0.2) is 60.2 Å². The van der Waals surface area contributed by atoms with Crippen LogP contribution >= 0.6 is 11.3 Å². The van der Waals surface area contributed by atoms with Crippen molar-refractivity contribution in [2.75, 3.05) is 0 Å². The number of benzene rings is 2. The second-order valence-electron chi connectivity index (χ2n) is 5.54. The van der Waals surface area contributed by atoms with Gasteiger partial charge < -0.3 is 5.11 Å². The summed E-state index contributed by atoms with van der Waals surface area (Å²) in [6.07, 6.45) is 2.69. The minimum absolute atomic E-state index is 0.274. The molecule has 120 valence electrons. The fourth-order valence-corrected chi connectivity index (χ4v) is 3.40. The first-order valence-corrected chi connectivity index (χ1v) is 8.36. The van der Waals surface area contributed by atoms with Gasteiger partial charge in [0.25, 0.3) is 0 Å². The monoisotopic (exact) mass is 338 g/mol. The molecule has 5 heteroatoms. The van der Waals surface area contributed by atoms with E-state index in [0.717, 1.165) is 10.4 Å². The Kier molecular flexibility index (Phi) is 4.70. The van der Waals surface area contributed by atoms with Crippen LogP contribution in [0.4, 0.5) is 4.39 Å². The van der Waals surface area contributed by atoms with Gasteiger partial charge in [-0.1, -0.05) is 24.3 Å². The Morgan fingerprint density at radius 2 is 1.83 bits per heavy atom. The standard InChI is InChI=1S/C19H15FN2OS/c20-17-7-3-14(4-8-17)9-10-19(23,18-12-22-13-24-18)16-5-1-15(11-21)2-6-16/h1-8,12-13,23H,9-10H2. The molecule has 1 aromatic heterocycles. The Labute approximate surface area is 143 Å². The van der Waals surface area contributed by atoms with Crippen LogP contribution in [-0.2, 0) is 12.0 Å². The molecule has 3 aromatic rings.